The van der Waals surface area contributed by atoms with E-state index in [9.17, 15) is 36.6 Å². The van der Waals surface area contributed by atoms with Crippen LogP contribution in [0.4, 0.5) is 22.0 Å². The molecule has 1 saturated carbocycles. The first-order valence-corrected chi connectivity index (χ1v) is 15.5. The van der Waals surface area contributed by atoms with Gasteiger partial charge in [-0.1, -0.05) is 0 Å². The molecule has 10 nitrogen and oxygen atoms in total. The maximum Gasteiger partial charge on any atom is 0.586 e. The van der Waals surface area contributed by atoms with Crippen LogP contribution in [0.5, 0.6) is 28.7 Å². The lowest BCUT2D eigenvalue weighted by atomic mass is 9.76. The van der Waals surface area contributed by atoms with E-state index in [1.54, 1.807) is 11.8 Å². The zero-order valence-electron chi connectivity index (χ0n) is 25.7. The Morgan fingerprint density at radius 2 is 1.74 bits per heavy atom. The standard InChI is InChI=1S/C32H35F5N2O8/c1-3-39(10-11-40)28(41)18-6-4-17(5-7-18)23-14-22(20-9-8-19(12-24(20)44-23)45-31(33,34)35)38-29(42)30(2)16-43-25-15-27-26(13-21(25)30)46-32(36,37)47-27/h8-9,12-13,15,17-18,22-23,40H,3-7,10-11,14,16H2,1-2H3,(H,38,42)/t17?,18?,22-,23-,30+/m1/s1. The zero-order chi connectivity index (χ0) is 33.7. The number of aliphatic hydroxyl groups excluding tert-OH is 1. The van der Waals surface area contributed by atoms with Gasteiger partial charge in [-0.05, 0) is 63.6 Å². The average Bonchev–Trinajstić information content (AvgIpc) is 3.51. The normalized spacial score (nSPS) is 27.1. The lowest BCUT2D eigenvalue weighted by molar-refractivity contribution is -0.286. The molecule has 3 aliphatic heterocycles. The van der Waals surface area contributed by atoms with Crippen molar-refractivity contribution in [3.8, 4) is 28.7 Å². The Labute approximate surface area is 267 Å². The third-order valence-corrected chi connectivity index (χ3v) is 9.47. The second-order valence-electron chi connectivity index (χ2n) is 12.5. The molecule has 0 bridgehead atoms. The molecule has 3 atom stereocenters. The number of aliphatic hydroxyl groups is 1. The van der Waals surface area contributed by atoms with E-state index >= 15 is 0 Å². The van der Waals surface area contributed by atoms with E-state index in [1.165, 1.54) is 18.2 Å². The molecule has 1 fully saturated rings. The van der Waals surface area contributed by atoms with Gasteiger partial charge in [-0.25, -0.2) is 0 Å². The van der Waals surface area contributed by atoms with E-state index in [1.807, 2.05) is 6.92 Å². The van der Waals surface area contributed by atoms with E-state index in [0.29, 0.717) is 49.8 Å². The van der Waals surface area contributed by atoms with Gasteiger partial charge in [-0.3, -0.25) is 9.59 Å². The fourth-order valence-corrected chi connectivity index (χ4v) is 6.97. The summed E-state index contributed by atoms with van der Waals surface area (Å²) in [5, 5.41) is 12.3. The Kier molecular flexibility index (Phi) is 8.56. The number of hydrogen-bond acceptors (Lipinski definition) is 8. The lowest BCUT2D eigenvalue weighted by Crippen LogP contribution is -2.48. The number of nitrogens with zero attached hydrogens (tertiary/aromatic N) is 1. The van der Waals surface area contributed by atoms with Gasteiger partial charge in [-0.15, -0.1) is 22.0 Å². The van der Waals surface area contributed by atoms with E-state index in [2.05, 4.69) is 19.5 Å². The molecular weight excluding hydrogens is 635 g/mol. The summed E-state index contributed by atoms with van der Waals surface area (Å²) in [4.78, 5) is 28.6. The second kappa shape index (κ2) is 12.2. The van der Waals surface area contributed by atoms with Gasteiger partial charge in [0, 0.05) is 48.7 Å². The minimum absolute atomic E-state index is 0.0207. The summed E-state index contributed by atoms with van der Waals surface area (Å²) >= 11 is 0. The molecule has 2 aromatic carbocycles. The number of hydrogen-bond donors (Lipinski definition) is 2. The highest BCUT2D eigenvalue weighted by atomic mass is 19.4. The summed E-state index contributed by atoms with van der Waals surface area (Å²) in [7, 11) is 0. The molecular formula is C32H35F5N2O8. The van der Waals surface area contributed by atoms with Crippen LogP contribution in [0, 0.1) is 11.8 Å². The molecule has 2 aromatic rings. The van der Waals surface area contributed by atoms with Gasteiger partial charge in [0.25, 0.3) is 0 Å². The average molecular weight is 671 g/mol. The number of likely N-dealkylation sites (N-methyl/N-ethyl adjacent to an activating group) is 1. The van der Waals surface area contributed by atoms with Crippen LogP contribution in [0.1, 0.15) is 63.1 Å². The van der Waals surface area contributed by atoms with Crippen LogP contribution in [0.15, 0.2) is 30.3 Å². The van der Waals surface area contributed by atoms with Gasteiger partial charge in [0.2, 0.25) is 11.8 Å². The number of carbonyl (C=O) groups is 2. The second-order valence-corrected chi connectivity index (χ2v) is 12.5. The number of alkyl halides is 5. The van der Waals surface area contributed by atoms with Crippen LogP contribution in [0.3, 0.4) is 0 Å². The Bertz CT molecular complexity index is 1530. The highest BCUT2D eigenvalue weighted by molar-refractivity contribution is 5.90. The molecule has 0 radical (unpaired) electrons. The van der Waals surface area contributed by atoms with Crippen LogP contribution in [0.25, 0.3) is 0 Å². The van der Waals surface area contributed by atoms with Gasteiger partial charge in [0.15, 0.2) is 11.5 Å². The first-order chi connectivity index (χ1) is 22.2. The number of fused-ring (bicyclic) bond motifs is 3. The van der Waals surface area contributed by atoms with E-state index in [4.69, 9.17) is 9.47 Å². The molecule has 2 amide bonds. The predicted octanol–water partition coefficient (Wildman–Crippen LogP) is 5.21. The van der Waals surface area contributed by atoms with Gasteiger partial charge < -0.3 is 39.0 Å². The summed E-state index contributed by atoms with van der Waals surface area (Å²) < 4.78 is 91.7. The third-order valence-electron chi connectivity index (χ3n) is 9.47. The monoisotopic (exact) mass is 670 g/mol. The molecule has 6 rings (SSSR count). The molecule has 3 heterocycles. The topological polar surface area (TPSA) is 116 Å². The Morgan fingerprint density at radius 3 is 2.40 bits per heavy atom. The quantitative estimate of drug-likeness (QED) is 0.368. The van der Waals surface area contributed by atoms with Crippen molar-refractivity contribution in [3.05, 3.63) is 41.5 Å². The maximum absolute atomic E-state index is 14.0. The van der Waals surface area contributed by atoms with Crippen molar-refractivity contribution in [2.24, 2.45) is 11.8 Å². The van der Waals surface area contributed by atoms with Crippen molar-refractivity contribution < 1.29 is 60.3 Å². The van der Waals surface area contributed by atoms with Gasteiger partial charge in [-0.2, -0.15) is 0 Å². The van der Waals surface area contributed by atoms with Crippen molar-refractivity contribution in [2.75, 3.05) is 26.3 Å². The van der Waals surface area contributed by atoms with Crippen LogP contribution in [0.2, 0.25) is 0 Å². The molecule has 0 aromatic heterocycles. The number of amides is 2. The SMILES string of the molecule is CCN(CCO)C(=O)C1CCC([C@H]2C[C@@H](NC(=O)[C@@]3(C)COc4cc5c(cc43)OC(F)(F)O5)c3ccc(OC(F)(F)F)cc3O2)CC1. The summed E-state index contributed by atoms with van der Waals surface area (Å²) in [6, 6.07) is 5.56. The molecule has 15 heteroatoms. The predicted molar refractivity (Wildman–Crippen MR) is 153 cm³/mol. The molecule has 0 unspecified atom stereocenters. The largest absolute Gasteiger partial charge is 0.586 e. The molecule has 1 aliphatic carbocycles. The van der Waals surface area contributed by atoms with E-state index < -0.39 is 41.9 Å². The van der Waals surface area contributed by atoms with Gasteiger partial charge in [0.1, 0.15) is 35.4 Å². The molecule has 47 heavy (non-hydrogen) atoms. The van der Waals surface area contributed by atoms with Crippen LogP contribution < -0.4 is 29.0 Å². The lowest BCUT2D eigenvalue weighted by Gasteiger charge is -2.40. The Balaban J connectivity index is 1.22. The van der Waals surface area contributed by atoms with Crippen molar-refractivity contribution in [1.82, 2.24) is 10.2 Å². The smallest absolute Gasteiger partial charge is 0.492 e. The minimum Gasteiger partial charge on any atom is -0.492 e. The fourth-order valence-electron chi connectivity index (χ4n) is 6.97. The summed E-state index contributed by atoms with van der Waals surface area (Å²) in [5.41, 5.74) is -0.557. The highest BCUT2D eigenvalue weighted by Crippen LogP contribution is 2.50. The van der Waals surface area contributed by atoms with E-state index in [-0.39, 0.29) is 60.5 Å². The van der Waals surface area contributed by atoms with Crippen LogP contribution in [-0.2, 0) is 15.0 Å². The van der Waals surface area contributed by atoms with Crippen LogP contribution in [-0.4, -0.2) is 66.9 Å². The van der Waals surface area contributed by atoms with Crippen molar-refractivity contribution in [1.29, 1.82) is 0 Å². The van der Waals surface area contributed by atoms with Gasteiger partial charge >= 0.3 is 12.7 Å². The number of halogens is 5. The molecule has 4 aliphatic rings. The molecule has 256 valence electrons. The first-order valence-electron chi connectivity index (χ1n) is 15.5. The number of benzene rings is 2. The molecule has 2 N–H and O–H groups in total. The van der Waals surface area contributed by atoms with Crippen molar-refractivity contribution in [3.63, 3.8) is 0 Å². The number of nitrogens with one attached hydrogen (secondary N) is 1. The number of rotatable bonds is 8. The van der Waals surface area contributed by atoms with E-state index in [0.717, 1.165) is 12.1 Å². The van der Waals surface area contributed by atoms with Gasteiger partial charge in [0.05, 0.1) is 12.6 Å². The summed E-state index contributed by atoms with van der Waals surface area (Å²) in [6.45, 7) is 3.95. The van der Waals surface area contributed by atoms with Crippen molar-refractivity contribution in [2.45, 2.75) is 76.2 Å². The maximum atomic E-state index is 14.0. The number of ether oxygens (including phenoxy) is 5. The minimum atomic E-state index is -4.92. The highest BCUT2D eigenvalue weighted by Gasteiger charge is 2.50. The first kappa shape index (κ1) is 32.9. The Hall–Kier alpha value is -4.01. The molecule has 0 saturated heterocycles. The zero-order valence-corrected chi connectivity index (χ0v) is 25.7. The molecule has 0 spiro atoms. The summed E-state index contributed by atoms with van der Waals surface area (Å²) in [5.74, 6) is -1.40. The van der Waals surface area contributed by atoms with Crippen LogP contribution >= 0.6 is 0 Å². The fraction of sp³-hybridized carbons (Fsp3) is 0.562. The third kappa shape index (κ3) is 6.58. The number of carbonyl (C=O) groups excluding carboxylic acids is 2. The Morgan fingerprint density at radius 1 is 1.04 bits per heavy atom. The summed E-state index contributed by atoms with van der Waals surface area (Å²) in [6.07, 6.45) is -6.60. The van der Waals surface area contributed by atoms with Crippen molar-refractivity contribution >= 4 is 11.8 Å².